The zero-order valence-electron chi connectivity index (χ0n) is 11.0. The van der Waals surface area contributed by atoms with Crippen molar-refractivity contribution in [3.05, 3.63) is 28.2 Å². The van der Waals surface area contributed by atoms with Crippen molar-refractivity contribution in [2.45, 2.75) is 24.7 Å². The van der Waals surface area contributed by atoms with E-state index in [0.29, 0.717) is 30.4 Å². The Kier molecular flexibility index (Phi) is 4.66. The maximum atomic E-state index is 12.6. The van der Waals surface area contributed by atoms with Gasteiger partial charge < -0.3 is 5.73 Å². The third-order valence-corrected chi connectivity index (χ3v) is 6.21. The number of sulfonamides is 1. The summed E-state index contributed by atoms with van der Waals surface area (Å²) in [6.07, 6.45) is 1.70. The molecule has 0 amide bonds. The maximum absolute atomic E-state index is 12.6. The van der Waals surface area contributed by atoms with E-state index in [2.05, 4.69) is 15.9 Å². The molecule has 1 aromatic rings. The van der Waals surface area contributed by atoms with Gasteiger partial charge in [0.25, 0.3) is 0 Å². The fourth-order valence-corrected chi connectivity index (χ4v) is 4.58. The highest BCUT2D eigenvalue weighted by Crippen LogP contribution is 2.26. The molecule has 1 aliphatic rings. The Morgan fingerprint density at radius 3 is 2.53 bits per heavy atom. The lowest BCUT2D eigenvalue weighted by Gasteiger charge is -2.30. The largest absolute Gasteiger partial charge is 0.330 e. The van der Waals surface area contributed by atoms with Gasteiger partial charge in [-0.05, 0) is 56.0 Å². The summed E-state index contributed by atoms with van der Waals surface area (Å²) in [5.41, 5.74) is 6.41. The summed E-state index contributed by atoms with van der Waals surface area (Å²) in [6.45, 7) is 3.61. The first-order valence-electron chi connectivity index (χ1n) is 6.41. The minimum absolute atomic E-state index is 0.405. The molecular formula is C13H19BrN2O2S. The van der Waals surface area contributed by atoms with Gasteiger partial charge in [-0.2, -0.15) is 4.31 Å². The molecule has 19 heavy (non-hydrogen) atoms. The predicted molar refractivity (Wildman–Crippen MR) is 79.4 cm³/mol. The van der Waals surface area contributed by atoms with Crippen molar-refractivity contribution < 1.29 is 8.42 Å². The molecule has 1 heterocycles. The van der Waals surface area contributed by atoms with Gasteiger partial charge in [0.05, 0.1) is 4.90 Å². The zero-order chi connectivity index (χ0) is 14.0. The van der Waals surface area contributed by atoms with E-state index in [-0.39, 0.29) is 0 Å². The van der Waals surface area contributed by atoms with E-state index in [0.717, 1.165) is 22.9 Å². The molecule has 2 N–H and O–H groups in total. The van der Waals surface area contributed by atoms with Crippen LogP contribution in [0.5, 0.6) is 0 Å². The van der Waals surface area contributed by atoms with E-state index in [1.807, 2.05) is 13.0 Å². The number of hydrogen-bond acceptors (Lipinski definition) is 3. The molecule has 1 fully saturated rings. The van der Waals surface area contributed by atoms with Gasteiger partial charge in [-0.15, -0.1) is 0 Å². The quantitative estimate of drug-likeness (QED) is 0.911. The van der Waals surface area contributed by atoms with Crippen LogP contribution in [-0.2, 0) is 10.0 Å². The molecule has 0 atom stereocenters. The Labute approximate surface area is 123 Å². The minimum Gasteiger partial charge on any atom is -0.330 e. The fraction of sp³-hybridized carbons (Fsp3) is 0.538. The monoisotopic (exact) mass is 346 g/mol. The van der Waals surface area contributed by atoms with Crippen LogP contribution in [0.3, 0.4) is 0 Å². The van der Waals surface area contributed by atoms with Crippen molar-refractivity contribution in [1.82, 2.24) is 4.31 Å². The van der Waals surface area contributed by atoms with E-state index >= 15 is 0 Å². The molecule has 0 radical (unpaired) electrons. The summed E-state index contributed by atoms with van der Waals surface area (Å²) < 4.78 is 27.7. The lowest BCUT2D eigenvalue weighted by atomic mass is 9.99. The molecule has 0 aliphatic carbocycles. The van der Waals surface area contributed by atoms with Gasteiger partial charge in [0, 0.05) is 17.6 Å². The van der Waals surface area contributed by atoms with Gasteiger partial charge in [0.2, 0.25) is 10.0 Å². The highest BCUT2D eigenvalue weighted by atomic mass is 79.9. The van der Waals surface area contributed by atoms with E-state index in [4.69, 9.17) is 5.73 Å². The molecule has 0 bridgehead atoms. The molecule has 1 saturated heterocycles. The topological polar surface area (TPSA) is 63.4 Å². The number of piperidine rings is 1. The second kappa shape index (κ2) is 5.91. The van der Waals surface area contributed by atoms with Crippen LogP contribution in [0.1, 0.15) is 18.4 Å². The van der Waals surface area contributed by atoms with Crippen LogP contribution in [-0.4, -0.2) is 32.4 Å². The number of halogens is 1. The molecular weight excluding hydrogens is 328 g/mol. The summed E-state index contributed by atoms with van der Waals surface area (Å²) in [7, 11) is -3.37. The summed E-state index contributed by atoms with van der Waals surface area (Å²) in [5.74, 6) is 0.456. The molecule has 0 aromatic heterocycles. The molecule has 0 saturated carbocycles. The van der Waals surface area contributed by atoms with Gasteiger partial charge >= 0.3 is 0 Å². The van der Waals surface area contributed by atoms with Crippen LogP contribution in [0.4, 0.5) is 0 Å². The molecule has 0 unspecified atom stereocenters. The lowest BCUT2D eigenvalue weighted by molar-refractivity contribution is 0.278. The second-order valence-electron chi connectivity index (χ2n) is 4.99. The average molecular weight is 347 g/mol. The highest BCUT2D eigenvalue weighted by molar-refractivity contribution is 9.10. The predicted octanol–water partition coefficient (Wildman–Crippen LogP) is 2.12. The third-order valence-electron chi connectivity index (χ3n) is 3.66. The second-order valence-corrected chi connectivity index (χ2v) is 7.82. The summed E-state index contributed by atoms with van der Waals surface area (Å²) in [4.78, 5) is 0.405. The van der Waals surface area contributed by atoms with Crippen molar-refractivity contribution in [1.29, 1.82) is 0 Å². The SMILES string of the molecule is Cc1cc(Br)ccc1S(=O)(=O)N1CCC(CN)CC1. The van der Waals surface area contributed by atoms with Crippen molar-refractivity contribution in [3.8, 4) is 0 Å². The number of rotatable bonds is 3. The highest BCUT2D eigenvalue weighted by Gasteiger charge is 2.29. The van der Waals surface area contributed by atoms with Gasteiger partial charge in [-0.1, -0.05) is 15.9 Å². The Morgan fingerprint density at radius 1 is 1.37 bits per heavy atom. The van der Waals surface area contributed by atoms with Gasteiger partial charge in [-0.25, -0.2) is 8.42 Å². The van der Waals surface area contributed by atoms with E-state index in [1.54, 1.807) is 16.4 Å². The number of nitrogens with two attached hydrogens (primary N) is 1. The van der Waals surface area contributed by atoms with Crippen LogP contribution in [0.15, 0.2) is 27.6 Å². The zero-order valence-corrected chi connectivity index (χ0v) is 13.4. The first-order valence-corrected chi connectivity index (χ1v) is 8.65. The number of benzene rings is 1. The van der Waals surface area contributed by atoms with Crippen LogP contribution >= 0.6 is 15.9 Å². The van der Waals surface area contributed by atoms with E-state index in [9.17, 15) is 8.42 Å². The first kappa shape index (κ1) is 15.0. The van der Waals surface area contributed by atoms with E-state index < -0.39 is 10.0 Å². The van der Waals surface area contributed by atoms with Crippen molar-refractivity contribution in [2.24, 2.45) is 11.7 Å². The number of aryl methyl sites for hydroxylation is 1. The minimum atomic E-state index is -3.37. The van der Waals surface area contributed by atoms with Crippen LogP contribution in [0.25, 0.3) is 0 Å². The Bertz CT molecular complexity index is 552. The molecule has 2 rings (SSSR count). The van der Waals surface area contributed by atoms with Gasteiger partial charge in [-0.3, -0.25) is 0 Å². The average Bonchev–Trinajstić information content (AvgIpc) is 2.38. The summed E-state index contributed by atoms with van der Waals surface area (Å²) in [5, 5.41) is 0. The molecule has 1 aliphatic heterocycles. The van der Waals surface area contributed by atoms with Gasteiger partial charge in [0.15, 0.2) is 0 Å². The Morgan fingerprint density at radius 2 is 2.00 bits per heavy atom. The van der Waals surface area contributed by atoms with Crippen LogP contribution < -0.4 is 5.73 Å². The van der Waals surface area contributed by atoms with E-state index in [1.165, 1.54) is 0 Å². The molecule has 0 spiro atoms. The fourth-order valence-electron chi connectivity index (χ4n) is 2.43. The van der Waals surface area contributed by atoms with Crippen molar-refractivity contribution in [2.75, 3.05) is 19.6 Å². The number of nitrogens with zero attached hydrogens (tertiary/aromatic N) is 1. The first-order chi connectivity index (χ1) is 8.95. The third kappa shape index (κ3) is 3.18. The Balaban J connectivity index is 2.23. The van der Waals surface area contributed by atoms with Crippen LogP contribution in [0, 0.1) is 12.8 Å². The van der Waals surface area contributed by atoms with Crippen LogP contribution in [0.2, 0.25) is 0 Å². The molecule has 4 nitrogen and oxygen atoms in total. The Hall–Kier alpha value is -0.430. The normalized spacial score (nSPS) is 18.7. The maximum Gasteiger partial charge on any atom is 0.243 e. The van der Waals surface area contributed by atoms with Crippen molar-refractivity contribution >= 4 is 26.0 Å². The summed E-state index contributed by atoms with van der Waals surface area (Å²) in [6, 6.07) is 5.27. The molecule has 106 valence electrons. The summed E-state index contributed by atoms with van der Waals surface area (Å²) >= 11 is 3.35. The number of hydrogen-bond donors (Lipinski definition) is 1. The lowest BCUT2D eigenvalue weighted by Crippen LogP contribution is -2.40. The van der Waals surface area contributed by atoms with Crippen molar-refractivity contribution in [3.63, 3.8) is 0 Å². The molecule has 1 aromatic carbocycles. The smallest absolute Gasteiger partial charge is 0.243 e. The standard InChI is InChI=1S/C13H19BrN2O2S/c1-10-8-12(14)2-3-13(10)19(17,18)16-6-4-11(9-15)5-7-16/h2-3,8,11H,4-7,9,15H2,1H3. The van der Waals surface area contributed by atoms with Gasteiger partial charge in [0.1, 0.15) is 0 Å². The molecule has 6 heteroatoms.